The van der Waals surface area contributed by atoms with Gasteiger partial charge in [0.05, 0.1) is 6.10 Å². The number of rotatable bonds is 0. The summed E-state index contributed by atoms with van der Waals surface area (Å²) >= 11 is 0. The van der Waals surface area contributed by atoms with Gasteiger partial charge in [-0.3, -0.25) is 0 Å². The average Bonchev–Trinajstić information content (AvgIpc) is 2.68. The van der Waals surface area contributed by atoms with Crippen LogP contribution in [0.1, 0.15) is 38.5 Å². The molecule has 2 aliphatic carbocycles. The third-order valence-electron chi connectivity index (χ3n) is 4.59. The van der Waals surface area contributed by atoms with E-state index in [-0.39, 0.29) is 0 Å². The molecule has 3 aliphatic rings. The Labute approximate surface area is 79.8 Å². The van der Waals surface area contributed by atoms with Crippen LogP contribution in [0.2, 0.25) is 0 Å². The van der Waals surface area contributed by atoms with Crippen molar-refractivity contribution in [3.05, 3.63) is 0 Å². The minimum Gasteiger partial charge on any atom is -0.377 e. The van der Waals surface area contributed by atoms with Crippen LogP contribution in [0.15, 0.2) is 0 Å². The third-order valence-corrected chi connectivity index (χ3v) is 4.59. The Morgan fingerprint density at radius 2 is 1.92 bits per heavy atom. The van der Waals surface area contributed by atoms with E-state index in [2.05, 4.69) is 0 Å². The quantitative estimate of drug-likeness (QED) is 0.617. The zero-order valence-corrected chi connectivity index (χ0v) is 8.17. The first-order valence-corrected chi connectivity index (χ1v) is 5.72. The smallest absolute Gasteiger partial charge is 0.0689 e. The van der Waals surface area contributed by atoms with Gasteiger partial charge >= 0.3 is 0 Å². The van der Waals surface area contributed by atoms with Crippen LogP contribution in [0, 0.1) is 11.3 Å². The first kappa shape index (κ1) is 8.25. The zero-order chi connectivity index (χ0) is 8.89. The summed E-state index contributed by atoms with van der Waals surface area (Å²) in [5, 5.41) is 0. The van der Waals surface area contributed by atoms with Crippen molar-refractivity contribution in [3.8, 4) is 0 Å². The minimum atomic E-state index is 0.422. The van der Waals surface area contributed by atoms with Crippen molar-refractivity contribution in [1.82, 2.24) is 0 Å². The van der Waals surface area contributed by atoms with E-state index in [1.54, 1.807) is 0 Å². The fourth-order valence-corrected chi connectivity index (χ4v) is 3.91. The monoisotopic (exact) mass is 181 g/mol. The molecule has 3 atom stereocenters. The van der Waals surface area contributed by atoms with Crippen molar-refractivity contribution in [1.29, 1.82) is 0 Å². The topological polar surface area (TPSA) is 35.2 Å². The second-order valence-corrected chi connectivity index (χ2v) is 5.06. The second-order valence-electron chi connectivity index (χ2n) is 5.06. The molecule has 3 rings (SSSR count). The van der Waals surface area contributed by atoms with Gasteiger partial charge < -0.3 is 10.5 Å². The van der Waals surface area contributed by atoms with E-state index in [4.69, 9.17) is 10.5 Å². The van der Waals surface area contributed by atoms with Crippen molar-refractivity contribution in [3.63, 3.8) is 0 Å². The molecule has 1 spiro atoms. The molecule has 74 valence electrons. The largest absolute Gasteiger partial charge is 0.377 e. The fourth-order valence-electron chi connectivity index (χ4n) is 3.91. The van der Waals surface area contributed by atoms with Crippen molar-refractivity contribution >= 4 is 0 Å². The molecule has 0 radical (unpaired) electrons. The van der Waals surface area contributed by atoms with Crippen LogP contribution in [0.4, 0.5) is 0 Å². The van der Waals surface area contributed by atoms with Crippen LogP contribution in [0.25, 0.3) is 0 Å². The van der Waals surface area contributed by atoms with Gasteiger partial charge in [0.25, 0.3) is 0 Å². The van der Waals surface area contributed by atoms with E-state index >= 15 is 0 Å². The molecule has 1 saturated heterocycles. The molecule has 1 heterocycles. The van der Waals surface area contributed by atoms with Crippen LogP contribution >= 0.6 is 0 Å². The standard InChI is InChI=1S/C11H19NO/c12-9-8-4-3-7-13-10(8)11(9)5-1-2-6-11/h8-10H,1-7,12H2/t8-,9+,10+/m0/s1. The highest BCUT2D eigenvalue weighted by Gasteiger charge is 2.61. The summed E-state index contributed by atoms with van der Waals surface area (Å²) < 4.78 is 5.91. The molecule has 0 aromatic rings. The first-order chi connectivity index (χ1) is 6.34. The molecule has 0 aromatic carbocycles. The van der Waals surface area contributed by atoms with E-state index in [9.17, 15) is 0 Å². The molecule has 2 heteroatoms. The Balaban J connectivity index is 1.82. The first-order valence-electron chi connectivity index (χ1n) is 5.72. The molecule has 0 unspecified atom stereocenters. The van der Waals surface area contributed by atoms with Crippen molar-refractivity contribution in [2.24, 2.45) is 17.1 Å². The molecule has 2 N–H and O–H groups in total. The van der Waals surface area contributed by atoms with Gasteiger partial charge in [0, 0.05) is 24.0 Å². The Kier molecular flexibility index (Phi) is 1.72. The zero-order valence-electron chi connectivity index (χ0n) is 8.17. The summed E-state index contributed by atoms with van der Waals surface area (Å²) in [5.74, 6) is 0.701. The van der Waals surface area contributed by atoms with E-state index in [0.717, 1.165) is 6.61 Å². The number of nitrogens with two attached hydrogens (primary N) is 1. The molecule has 2 nitrogen and oxygen atoms in total. The minimum absolute atomic E-state index is 0.422. The Bertz CT molecular complexity index is 210. The Morgan fingerprint density at radius 3 is 2.69 bits per heavy atom. The number of ether oxygens (including phenoxy) is 1. The van der Waals surface area contributed by atoms with Gasteiger partial charge in [-0.2, -0.15) is 0 Å². The average molecular weight is 181 g/mol. The maximum absolute atomic E-state index is 6.29. The van der Waals surface area contributed by atoms with Gasteiger partial charge in [0.1, 0.15) is 0 Å². The summed E-state index contributed by atoms with van der Waals surface area (Å²) in [6.45, 7) is 0.982. The van der Waals surface area contributed by atoms with E-state index in [0.29, 0.717) is 23.5 Å². The van der Waals surface area contributed by atoms with Gasteiger partial charge in [0.2, 0.25) is 0 Å². The van der Waals surface area contributed by atoms with Crippen molar-refractivity contribution in [2.75, 3.05) is 6.61 Å². The van der Waals surface area contributed by atoms with E-state index in [1.165, 1.54) is 38.5 Å². The van der Waals surface area contributed by atoms with Gasteiger partial charge in [-0.25, -0.2) is 0 Å². The van der Waals surface area contributed by atoms with E-state index < -0.39 is 0 Å². The summed E-state index contributed by atoms with van der Waals surface area (Å²) in [5.41, 5.74) is 6.72. The highest BCUT2D eigenvalue weighted by atomic mass is 16.5. The lowest BCUT2D eigenvalue weighted by atomic mass is 9.53. The predicted octanol–water partition coefficient (Wildman–Crippen LogP) is 1.68. The highest BCUT2D eigenvalue weighted by Crippen LogP contribution is 2.58. The normalized spacial score (nSPS) is 47.3. The lowest BCUT2D eigenvalue weighted by Crippen LogP contribution is -2.69. The highest BCUT2D eigenvalue weighted by molar-refractivity contribution is 5.14. The predicted molar refractivity (Wildman–Crippen MR) is 51.3 cm³/mol. The molecule has 2 saturated carbocycles. The maximum Gasteiger partial charge on any atom is 0.0689 e. The molecular formula is C11H19NO. The summed E-state index contributed by atoms with van der Waals surface area (Å²) in [7, 11) is 0. The van der Waals surface area contributed by atoms with Crippen molar-refractivity contribution in [2.45, 2.75) is 50.7 Å². The SMILES string of the molecule is N[C@@H]1[C@@H]2CCCO[C@H]2C12CCCC2. The third kappa shape index (κ3) is 0.909. The van der Waals surface area contributed by atoms with Gasteiger partial charge in [-0.15, -0.1) is 0 Å². The molecule has 3 fully saturated rings. The van der Waals surface area contributed by atoms with Gasteiger partial charge in [-0.1, -0.05) is 12.8 Å². The second kappa shape index (κ2) is 2.71. The Hall–Kier alpha value is -0.0800. The molecule has 0 amide bonds. The van der Waals surface area contributed by atoms with Crippen LogP contribution in [-0.4, -0.2) is 18.8 Å². The lowest BCUT2D eigenvalue weighted by molar-refractivity contribution is -0.196. The number of hydrogen-bond donors (Lipinski definition) is 1. The van der Waals surface area contributed by atoms with Crippen LogP contribution in [0.3, 0.4) is 0 Å². The Morgan fingerprint density at radius 1 is 1.15 bits per heavy atom. The fraction of sp³-hybridized carbons (Fsp3) is 1.00. The molecule has 13 heavy (non-hydrogen) atoms. The van der Waals surface area contributed by atoms with Crippen LogP contribution in [0.5, 0.6) is 0 Å². The van der Waals surface area contributed by atoms with E-state index in [1.807, 2.05) is 0 Å². The lowest BCUT2D eigenvalue weighted by Gasteiger charge is -2.60. The number of hydrogen-bond acceptors (Lipinski definition) is 2. The maximum atomic E-state index is 6.29. The van der Waals surface area contributed by atoms with Crippen molar-refractivity contribution < 1.29 is 4.74 Å². The molecule has 0 aromatic heterocycles. The molecule has 0 bridgehead atoms. The van der Waals surface area contributed by atoms with Gasteiger partial charge in [0.15, 0.2) is 0 Å². The molecular weight excluding hydrogens is 162 g/mol. The molecule has 1 aliphatic heterocycles. The van der Waals surface area contributed by atoms with Crippen LogP contribution < -0.4 is 5.73 Å². The number of fused-ring (bicyclic) bond motifs is 2. The summed E-state index contributed by atoms with van der Waals surface area (Å²) in [6, 6.07) is 0.459. The van der Waals surface area contributed by atoms with Crippen LogP contribution in [-0.2, 0) is 4.74 Å². The summed E-state index contributed by atoms with van der Waals surface area (Å²) in [4.78, 5) is 0. The summed E-state index contributed by atoms with van der Waals surface area (Å²) in [6.07, 6.45) is 8.49. The van der Waals surface area contributed by atoms with Gasteiger partial charge in [-0.05, 0) is 25.7 Å².